The minimum absolute atomic E-state index is 0.0990. The van der Waals surface area contributed by atoms with E-state index in [2.05, 4.69) is 0 Å². The van der Waals surface area contributed by atoms with Gasteiger partial charge in [-0.2, -0.15) is 21.4 Å². The summed E-state index contributed by atoms with van der Waals surface area (Å²) < 4.78 is 76.5. The number of hydrogen-bond donors (Lipinski definition) is 2. The van der Waals surface area contributed by atoms with E-state index in [9.17, 15) is 16.8 Å². The highest BCUT2D eigenvalue weighted by atomic mass is 35.5. The molecule has 0 amide bonds. The predicted molar refractivity (Wildman–Crippen MR) is 150 cm³/mol. The minimum Gasteiger partial charge on any atom is -0.439 e. The lowest BCUT2D eigenvalue weighted by Gasteiger charge is -2.17. The summed E-state index contributed by atoms with van der Waals surface area (Å²) in [4.78, 5) is 1.69. The Labute approximate surface area is 244 Å². The first kappa shape index (κ1) is 29.9. The van der Waals surface area contributed by atoms with E-state index in [1.165, 1.54) is 12.1 Å². The van der Waals surface area contributed by atoms with E-state index in [1.54, 1.807) is 39.8 Å². The third-order valence-electron chi connectivity index (χ3n) is 5.59. The molecular weight excluding hydrogens is 638 g/mol. The van der Waals surface area contributed by atoms with Crippen LogP contribution in [0, 0.1) is 0 Å². The maximum atomic E-state index is 11.2. The molecule has 1 aliphatic rings. The summed E-state index contributed by atoms with van der Waals surface area (Å²) in [5.41, 5.74) is 1.53. The van der Waals surface area contributed by atoms with Gasteiger partial charge in [0.25, 0.3) is 25.8 Å². The monoisotopic (exact) mass is 657 g/mol. The zero-order chi connectivity index (χ0) is 28.5. The highest BCUT2D eigenvalue weighted by molar-refractivity contribution is 7.86. The van der Waals surface area contributed by atoms with Gasteiger partial charge in [0.05, 0.1) is 43.4 Å². The van der Waals surface area contributed by atoms with Crippen LogP contribution in [-0.2, 0) is 26.8 Å². The molecule has 0 fully saturated rings. The molecule has 0 bridgehead atoms. The van der Waals surface area contributed by atoms with Gasteiger partial charge in [-0.05, 0) is 24.6 Å². The number of rotatable bonds is 10. The van der Waals surface area contributed by atoms with Crippen LogP contribution in [0.5, 0.6) is 5.75 Å². The molecule has 10 nitrogen and oxygen atoms in total. The summed E-state index contributed by atoms with van der Waals surface area (Å²) in [6.45, 7) is 0.364. The lowest BCUT2D eigenvalue weighted by atomic mass is 10.2. The fourth-order valence-corrected chi connectivity index (χ4v) is 5.54. The zero-order valence-corrected chi connectivity index (χ0v) is 24.5. The maximum Gasteiger partial charge on any atom is 0.374 e. The molecule has 16 heteroatoms. The number of anilines is 1. The molecular formula is C23H21Cl4N2O8S2+. The third kappa shape index (κ3) is 7.59. The Hall–Kier alpha value is -2.03. The normalized spacial score (nSPS) is 15.0. The van der Waals surface area contributed by atoms with Crippen LogP contribution >= 0.6 is 46.4 Å². The molecule has 0 atom stereocenters. The first-order chi connectivity index (χ1) is 18.2. The minimum atomic E-state index is -4.15. The molecule has 3 aromatic rings. The predicted octanol–water partition coefficient (Wildman–Crippen LogP) is 5.64. The van der Waals surface area contributed by atoms with Crippen molar-refractivity contribution in [2.24, 2.45) is 0 Å². The van der Waals surface area contributed by atoms with Crippen molar-refractivity contribution >= 4 is 89.5 Å². The molecule has 1 aliphatic heterocycles. The zero-order valence-electron chi connectivity index (χ0n) is 19.9. The van der Waals surface area contributed by atoms with Gasteiger partial charge in [-0.25, -0.2) is 0 Å². The van der Waals surface area contributed by atoms with Crippen LogP contribution < -0.4 is 14.2 Å². The van der Waals surface area contributed by atoms with E-state index < -0.39 is 31.7 Å². The molecule has 210 valence electrons. The smallest absolute Gasteiger partial charge is 0.374 e. The van der Waals surface area contributed by atoms with Crippen LogP contribution in [0.25, 0.3) is 17.2 Å². The van der Waals surface area contributed by atoms with E-state index in [4.69, 9.17) is 64.7 Å². The largest absolute Gasteiger partial charge is 0.439 e. The quantitative estimate of drug-likeness (QED) is 0.209. The van der Waals surface area contributed by atoms with Crippen molar-refractivity contribution in [1.29, 1.82) is 0 Å². The number of nitrogens with zero attached hydrogens (tertiary/aromatic N) is 2. The molecule has 2 aromatic carbocycles. The number of halogens is 4. The van der Waals surface area contributed by atoms with Crippen LogP contribution in [-0.4, -0.2) is 44.0 Å². The summed E-state index contributed by atoms with van der Waals surface area (Å²) in [7, 11) is -8.31. The van der Waals surface area contributed by atoms with E-state index >= 15 is 0 Å². The van der Waals surface area contributed by atoms with Crippen LogP contribution in [0.4, 0.5) is 5.69 Å². The average molecular weight is 659 g/mol. The number of benzene rings is 2. The Morgan fingerprint density at radius 3 is 2.18 bits per heavy atom. The van der Waals surface area contributed by atoms with Gasteiger partial charge in [0.15, 0.2) is 12.3 Å². The number of allylic oxidation sites excluding steroid dienone is 2. The average Bonchev–Trinajstić information content (AvgIpc) is 3.30. The van der Waals surface area contributed by atoms with Gasteiger partial charge in [0.2, 0.25) is 11.5 Å². The van der Waals surface area contributed by atoms with Gasteiger partial charge >= 0.3 is 5.89 Å². The Kier molecular flexibility index (Phi) is 9.08. The summed E-state index contributed by atoms with van der Waals surface area (Å²) in [6.07, 6.45) is 5.01. The number of fused-ring (bicyclic) bond motifs is 2. The number of hydrogen-bond acceptors (Lipinski definition) is 7. The summed E-state index contributed by atoms with van der Waals surface area (Å²) in [6, 6.07) is 6.26. The second kappa shape index (κ2) is 11.8. The van der Waals surface area contributed by atoms with E-state index in [1.807, 2.05) is 0 Å². The van der Waals surface area contributed by atoms with E-state index in [0.29, 0.717) is 34.3 Å². The summed E-state index contributed by atoms with van der Waals surface area (Å²) in [5, 5.41) is 1.11. The van der Waals surface area contributed by atoms with Crippen molar-refractivity contribution in [2.75, 3.05) is 23.0 Å². The molecule has 0 unspecified atom stereocenters. The number of aryl methyl sites for hydroxylation is 1. The van der Waals surface area contributed by atoms with Crippen molar-refractivity contribution < 1.29 is 39.7 Å². The van der Waals surface area contributed by atoms with Crippen molar-refractivity contribution in [3.63, 3.8) is 0 Å². The van der Waals surface area contributed by atoms with Gasteiger partial charge in [-0.15, -0.1) is 0 Å². The van der Waals surface area contributed by atoms with Gasteiger partial charge in [0.1, 0.15) is 0 Å². The van der Waals surface area contributed by atoms with Gasteiger partial charge in [0, 0.05) is 31.2 Å². The van der Waals surface area contributed by atoms with E-state index in [-0.39, 0.29) is 46.0 Å². The molecule has 4 rings (SSSR count). The highest BCUT2D eigenvalue weighted by Gasteiger charge is 2.28. The molecule has 0 saturated heterocycles. The highest BCUT2D eigenvalue weighted by Crippen LogP contribution is 2.43. The summed E-state index contributed by atoms with van der Waals surface area (Å²) in [5.74, 6) is 0.169. The van der Waals surface area contributed by atoms with E-state index in [0.717, 1.165) is 0 Å². The first-order valence-electron chi connectivity index (χ1n) is 11.3. The van der Waals surface area contributed by atoms with Gasteiger partial charge in [-0.1, -0.05) is 46.4 Å². The summed E-state index contributed by atoms with van der Waals surface area (Å²) >= 11 is 24.6. The SMILES string of the molecule is O=S(=O)(O)CCCN1C(=CC=Cc2oc3cc(Cl)c(Cl)cc3[n+]2CCCS(=O)(=O)O)Oc2cc(Cl)c(Cl)cc21. The van der Waals surface area contributed by atoms with Gasteiger partial charge in [-0.3, -0.25) is 9.11 Å². The standard InChI is InChI=1S/C23H20Cl4N2O8S2/c24-14-10-18-20(12-16(14)26)36-22(28(18)6-2-8-38(30,31)32)4-1-5-23-29(7-3-9-39(33,34)35)19-11-15(25)17(27)13-21(19)37-23/h1,4-5,10-13H,2-3,6-9H2,(H-,30,31,32,33,34,35)/p+1. The maximum absolute atomic E-state index is 11.2. The van der Waals surface area contributed by atoms with Crippen LogP contribution in [0.2, 0.25) is 20.1 Å². The molecule has 2 N–H and O–H groups in total. The fourth-order valence-electron chi connectivity index (χ4n) is 3.93. The Bertz CT molecular complexity index is 1700. The van der Waals surface area contributed by atoms with Crippen molar-refractivity contribution in [3.8, 4) is 5.75 Å². The fraction of sp³-hybridized carbons (Fsp3) is 0.261. The van der Waals surface area contributed by atoms with Crippen molar-refractivity contribution in [2.45, 2.75) is 19.4 Å². The Morgan fingerprint density at radius 1 is 0.872 bits per heavy atom. The lowest BCUT2D eigenvalue weighted by Crippen LogP contribution is -2.36. The van der Waals surface area contributed by atoms with Crippen molar-refractivity contribution in [3.05, 3.63) is 68.3 Å². The molecule has 0 aliphatic carbocycles. The molecule has 0 radical (unpaired) electrons. The second-order valence-electron chi connectivity index (χ2n) is 8.46. The number of aromatic nitrogens is 1. The van der Waals surface area contributed by atoms with Crippen LogP contribution in [0.1, 0.15) is 18.7 Å². The Morgan fingerprint density at radius 2 is 1.49 bits per heavy atom. The topological polar surface area (TPSA) is 138 Å². The Balaban J connectivity index is 1.66. The third-order valence-corrected chi connectivity index (χ3v) is 8.65. The second-order valence-corrected chi connectivity index (χ2v) is 13.2. The molecule has 2 heterocycles. The molecule has 39 heavy (non-hydrogen) atoms. The number of ether oxygens (including phenoxy) is 1. The van der Waals surface area contributed by atoms with Gasteiger partial charge < -0.3 is 14.1 Å². The molecule has 1 aromatic heterocycles. The molecule has 0 spiro atoms. The van der Waals surface area contributed by atoms with Crippen LogP contribution in [0.3, 0.4) is 0 Å². The lowest BCUT2D eigenvalue weighted by molar-refractivity contribution is -0.677. The molecule has 0 saturated carbocycles. The first-order valence-corrected chi connectivity index (χ1v) is 16.0. The van der Waals surface area contributed by atoms with Crippen LogP contribution in [0.15, 0.2) is 46.7 Å². The number of oxazole rings is 1. The van der Waals surface area contributed by atoms with Crippen molar-refractivity contribution in [1.82, 2.24) is 0 Å².